The van der Waals surface area contributed by atoms with Crippen LogP contribution in [0.5, 0.6) is 0 Å². The molecule has 0 spiro atoms. The molecule has 96 valence electrons. The minimum absolute atomic E-state index is 0.404. The van der Waals surface area contributed by atoms with Crippen molar-refractivity contribution in [3.63, 3.8) is 0 Å². The summed E-state index contributed by atoms with van der Waals surface area (Å²) in [5.74, 6) is 0.756. The van der Waals surface area contributed by atoms with Gasteiger partial charge in [0.1, 0.15) is 0 Å². The molecule has 2 nitrogen and oxygen atoms in total. The number of aromatic nitrogens is 1. The summed E-state index contributed by atoms with van der Waals surface area (Å²) in [6, 6.07) is 4.66. The lowest BCUT2D eigenvalue weighted by molar-refractivity contribution is 0.390. The van der Waals surface area contributed by atoms with Crippen LogP contribution >= 0.6 is 0 Å². The van der Waals surface area contributed by atoms with Gasteiger partial charge >= 0.3 is 0 Å². The molecular weight excluding hydrogens is 208 g/mol. The van der Waals surface area contributed by atoms with Crippen molar-refractivity contribution in [2.75, 3.05) is 6.54 Å². The Balaban J connectivity index is 2.71. The third kappa shape index (κ3) is 4.86. The second kappa shape index (κ2) is 7.44. The standard InChI is InChI=1S/C15H26N2/c1-5-7-12(3)10-14(16-6-2)15-11-13(4)8-9-17-15/h8-9,11-12,14,16H,5-7,10H2,1-4H3. The van der Waals surface area contributed by atoms with Crippen molar-refractivity contribution in [2.45, 2.75) is 53.0 Å². The van der Waals surface area contributed by atoms with Gasteiger partial charge in [0.2, 0.25) is 0 Å². The van der Waals surface area contributed by atoms with Gasteiger partial charge in [-0.1, -0.05) is 33.6 Å². The third-order valence-corrected chi connectivity index (χ3v) is 3.16. The Morgan fingerprint density at radius 1 is 1.35 bits per heavy atom. The Labute approximate surface area is 106 Å². The Hall–Kier alpha value is -0.890. The summed E-state index contributed by atoms with van der Waals surface area (Å²) in [6.45, 7) is 9.88. The number of hydrogen-bond donors (Lipinski definition) is 1. The van der Waals surface area contributed by atoms with Gasteiger partial charge in [0.25, 0.3) is 0 Å². The molecule has 0 aromatic carbocycles. The molecule has 0 saturated heterocycles. The van der Waals surface area contributed by atoms with Crippen molar-refractivity contribution < 1.29 is 0 Å². The fourth-order valence-corrected chi connectivity index (χ4v) is 2.32. The average Bonchev–Trinajstić information content (AvgIpc) is 2.29. The number of nitrogens with zero attached hydrogens (tertiary/aromatic N) is 1. The zero-order valence-electron chi connectivity index (χ0n) is 11.7. The summed E-state index contributed by atoms with van der Waals surface area (Å²) in [5, 5.41) is 3.55. The van der Waals surface area contributed by atoms with Gasteiger partial charge in [-0.25, -0.2) is 0 Å². The van der Waals surface area contributed by atoms with Gasteiger partial charge in [-0.15, -0.1) is 0 Å². The van der Waals surface area contributed by atoms with E-state index in [0.717, 1.165) is 12.5 Å². The van der Waals surface area contributed by atoms with Crippen molar-refractivity contribution in [1.82, 2.24) is 10.3 Å². The molecule has 1 aromatic rings. The molecule has 0 radical (unpaired) electrons. The van der Waals surface area contributed by atoms with E-state index in [1.807, 2.05) is 6.20 Å². The number of nitrogens with one attached hydrogen (secondary N) is 1. The van der Waals surface area contributed by atoms with Crippen molar-refractivity contribution in [1.29, 1.82) is 0 Å². The monoisotopic (exact) mass is 234 g/mol. The van der Waals surface area contributed by atoms with Gasteiger partial charge in [0.05, 0.1) is 5.69 Å². The minimum atomic E-state index is 0.404. The zero-order chi connectivity index (χ0) is 12.7. The maximum absolute atomic E-state index is 4.51. The summed E-state index contributed by atoms with van der Waals surface area (Å²) in [5.41, 5.74) is 2.48. The molecule has 0 saturated carbocycles. The average molecular weight is 234 g/mol. The molecule has 1 aromatic heterocycles. The van der Waals surface area contributed by atoms with Crippen LogP contribution in [0.15, 0.2) is 18.3 Å². The van der Waals surface area contributed by atoms with Gasteiger partial charge in [0, 0.05) is 12.2 Å². The lowest BCUT2D eigenvalue weighted by Gasteiger charge is -2.21. The van der Waals surface area contributed by atoms with E-state index in [1.54, 1.807) is 0 Å². The summed E-state index contributed by atoms with van der Waals surface area (Å²) in [4.78, 5) is 4.51. The number of aryl methyl sites for hydroxylation is 1. The molecule has 2 atom stereocenters. The van der Waals surface area contributed by atoms with Gasteiger partial charge in [-0.3, -0.25) is 4.98 Å². The molecule has 0 aliphatic carbocycles. The maximum atomic E-state index is 4.51. The molecule has 17 heavy (non-hydrogen) atoms. The molecular formula is C15H26N2. The van der Waals surface area contributed by atoms with Gasteiger partial charge in [0.15, 0.2) is 0 Å². The Bertz CT molecular complexity index is 322. The number of hydrogen-bond acceptors (Lipinski definition) is 2. The van der Waals surface area contributed by atoms with E-state index in [0.29, 0.717) is 6.04 Å². The summed E-state index contributed by atoms with van der Waals surface area (Å²) in [7, 11) is 0. The van der Waals surface area contributed by atoms with Crippen LogP contribution in [0.3, 0.4) is 0 Å². The Morgan fingerprint density at radius 2 is 2.12 bits per heavy atom. The van der Waals surface area contributed by atoms with Crippen LogP contribution in [-0.4, -0.2) is 11.5 Å². The normalized spacial score (nSPS) is 14.6. The fourth-order valence-electron chi connectivity index (χ4n) is 2.32. The second-order valence-corrected chi connectivity index (χ2v) is 5.00. The lowest BCUT2D eigenvalue weighted by atomic mass is 9.95. The highest BCUT2D eigenvalue weighted by atomic mass is 14.9. The quantitative estimate of drug-likeness (QED) is 0.774. The van der Waals surface area contributed by atoms with E-state index < -0.39 is 0 Å². The first-order valence-corrected chi connectivity index (χ1v) is 6.83. The summed E-state index contributed by atoms with van der Waals surface area (Å²) >= 11 is 0. The molecule has 1 N–H and O–H groups in total. The molecule has 2 unspecified atom stereocenters. The van der Waals surface area contributed by atoms with Crippen LogP contribution in [0.1, 0.15) is 57.3 Å². The summed E-state index contributed by atoms with van der Waals surface area (Å²) in [6.07, 6.45) is 5.66. The third-order valence-electron chi connectivity index (χ3n) is 3.16. The lowest BCUT2D eigenvalue weighted by Crippen LogP contribution is -2.24. The second-order valence-electron chi connectivity index (χ2n) is 5.00. The van der Waals surface area contributed by atoms with E-state index in [9.17, 15) is 0 Å². The van der Waals surface area contributed by atoms with Crippen molar-refractivity contribution >= 4 is 0 Å². The molecule has 0 aliphatic rings. The largest absolute Gasteiger partial charge is 0.309 e. The zero-order valence-corrected chi connectivity index (χ0v) is 11.7. The molecule has 1 rings (SSSR count). The van der Waals surface area contributed by atoms with Crippen LogP contribution in [0, 0.1) is 12.8 Å². The van der Waals surface area contributed by atoms with E-state index in [4.69, 9.17) is 0 Å². The Kier molecular flexibility index (Phi) is 6.20. The maximum Gasteiger partial charge on any atom is 0.0575 e. The first-order valence-electron chi connectivity index (χ1n) is 6.83. The first kappa shape index (κ1) is 14.2. The van der Waals surface area contributed by atoms with Gasteiger partial charge < -0.3 is 5.32 Å². The SMILES string of the molecule is CCCC(C)CC(NCC)c1cc(C)ccn1. The topological polar surface area (TPSA) is 24.9 Å². The van der Waals surface area contributed by atoms with E-state index in [1.165, 1.54) is 30.5 Å². The highest BCUT2D eigenvalue weighted by Crippen LogP contribution is 2.22. The molecule has 1 heterocycles. The molecule has 0 aliphatic heterocycles. The summed E-state index contributed by atoms with van der Waals surface area (Å²) < 4.78 is 0. The van der Waals surface area contributed by atoms with Crippen LogP contribution in [0.25, 0.3) is 0 Å². The minimum Gasteiger partial charge on any atom is -0.309 e. The van der Waals surface area contributed by atoms with Crippen molar-refractivity contribution in [3.8, 4) is 0 Å². The van der Waals surface area contributed by atoms with E-state index >= 15 is 0 Å². The van der Waals surface area contributed by atoms with Crippen LogP contribution < -0.4 is 5.32 Å². The van der Waals surface area contributed by atoms with Gasteiger partial charge in [-0.05, 0) is 43.5 Å². The highest BCUT2D eigenvalue weighted by molar-refractivity contribution is 5.17. The Morgan fingerprint density at radius 3 is 2.71 bits per heavy atom. The molecule has 0 amide bonds. The van der Waals surface area contributed by atoms with Gasteiger partial charge in [-0.2, -0.15) is 0 Å². The van der Waals surface area contributed by atoms with E-state index in [-0.39, 0.29) is 0 Å². The van der Waals surface area contributed by atoms with Crippen molar-refractivity contribution in [2.24, 2.45) is 5.92 Å². The first-order chi connectivity index (χ1) is 8.17. The number of pyridine rings is 1. The fraction of sp³-hybridized carbons (Fsp3) is 0.667. The smallest absolute Gasteiger partial charge is 0.0575 e. The molecule has 0 fully saturated rings. The molecule has 2 heteroatoms. The van der Waals surface area contributed by atoms with Crippen LogP contribution in [-0.2, 0) is 0 Å². The van der Waals surface area contributed by atoms with Crippen LogP contribution in [0.2, 0.25) is 0 Å². The van der Waals surface area contributed by atoms with Crippen molar-refractivity contribution in [3.05, 3.63) is 29.6 Å². The number of rotatable bonds is 7. The van der Waals surface area contributed by atoms with E-state index in [2.05, 4.69) is 50.1 Å². The molecule has 0 bridgehead atoms. The predicted octanol–water partition coefficient (Wildman–Crippen LogP) is 3.87. The van der Waals surface area contributed by atoms with Crippen LogP contribution in [0.4, 0.5) is 0 Å². The predicted molar refractivity (Wildman–Crippen MR) is 74.1 cm³/mol. The highest BCUT2D eigenvalue weighted by Gasteiger charge is 2.15.